The molecule has 0 saturated carbocycles. The number of thioether (sulfide) groups is 1. The molecule has 1 aromatic heterocycles. The molecule has 0 aliphatic rings. The summed E-state index contributed by atoms with van der Waals surface area (Å²) >= 11 is 1.50. The van der Waals surface area contributed by atoms with Crippen LogP contribution < -0.4 is 5.56 Å². The van der Waals surface area contributed by atoms with Gasteiger partial charge in [-0.25, -0.2) is 4.98 Å². The minimum Gasteiger partial charge on any atom is -0.284 e. The smallest absolute Gasteiger partial charge is 0.262 e. The number of fused-ring (bicyclic) bond motifs is 1. The second kappa shape index (κ2) is 7.54. The van der Waals surface area contributed by atoms with Crippen molar-refractivity contribution in [2.45, 2.75) is 37.2 Å². The van der Waals surface area contributed by atoms with Crippen LogP contribution in [0.3, 0.4) is 0 Å². The fraction of sp³-hybridized carbons (Fsp3) is 0.250. The van der Waals surface area contributed by atoms with Crippen molar-refractivity contribution in [3.8, 4) is 6.07 Å². The molecule has 126 valence electrons. The summed E-state index contributed by atoms with van der Waals surface area (Å²) in [4.78, 5) is 17.7. The number of hydrogen-bond donors (Lipinski definition) is 0. The topological polar surface area (TPSA) is 58.7 Å². The first-order valence-corrected chi connectivity index (χ1v) is 9.26. The Morgan fingerprint density at radius 2 is 1.92 bits per heavy atom. The van der Waals surface area contributed by atoms with Gasteiger partial charge in [-0.3, -0.25) is 9.36 Å². The van der Waals surface area contributed by atoms with E-state index < -0.39 is 0 Å². The zero-order chi connectivity index (χ0) is 17.8. The largest absolute Gasteiger partial charge is 0.284 e. The zero-order valence-electron chi connectivity index (χ0n) is 14.3. The highest BCUT2D eigenvalue weighted by atomic mass is 32.2. The monoisotopic (exact) mass is 349 g/mol. The van der Waals surface area contributed by atoms with Gasteiger partial charge in [0, 0.05) is 11.8 Å². The first kappa shape index (κ1) is 17.2. The molecule has 3 aromatic rings. The highest BCUT2D eigenvalue weighted by Crippen LogP contribution is 2.26. The maximum atomic E-state index is 12.9. The average molecular weight is 349 g/mol. The van der Waals surface area contributed by atoms with Crippen LogP contribution >= 0.6 is 11.8 Å². The molecule has 4 nitrogen and oxygen atoms in total. The van der Waals surface area contributed by atoms with E-state index in [2.05, 4.69) is 13.0 Å². The minimum absolute atomic E-state index is 0.00369. The van der Waals surface area contributed by atoms with Crippen molar-refractivity contribution < 1.29 is 0 Å². The van der Waals surface area contributed by atoms with Crippen LogP contribution in [0.1, 0.15) is 37.4 Å². The summed E-state index contributed by atoms with van der Waals surface area (Å²) in [5, 5.41) is 10.6. The molecule has 0 spiro atoms. The molecule has 0 aliphatic carbocycles. The molecule has 2 aromatic carbocycles. The number of hydrogen-bond acceptors (Lipinski definition) is 4. The third-order valence-electron chi connectivity index (χ3n) is 4.30. The second-order valence-corrected chi connectivity index (χ2v) is 6.84. The third-order valence-corrected chi connectivity index (χ3v) is 5.30. The van der Waals surface area contributed by atoms with Crippen molar-refractivity contribution in [1.82, 2.24) is 9.55 Å². The van der Waals surface area contributed by atoms with Gasteiger partial charge in [-0.1, -0.05) is 49.0 Å². The van der Waals surface area contributed by atoms with E-state index in [1.165, 1.54) is 11.8 Å². The first-order valence-electron chi connectivity index (χ1n) is 8.27. The van der Waals surface area contributed by atoms with Gasteiger partial charge in [-0.15, -0.1) is 0 Å². The fourth-order valence-electron chi connectivity index (χ4n) is 2.70. The van der Waals surface area contributed by atoms with Crippen LogP contribution in [0.2, 0.25) is 0 Å². The van der Waals surface area contributed by atoms with E-state index in [9.17, 15) is 10.1 Å². The Morgan fingerprint density at radius 3 is 2.68 bits per heavy atom. The molecule has 0 saturated heterocycles. The number of benzene rings is 2. The average Bonchev–Trinajstić information content (AvgIpc) is 2.66. The van der Waals surface area contributed by atoms with E-state index in [-0.39, 0.29) is 11.6 Å². The molecular weight excluding hydrogens is 330 g/mol. The van der Waals surface area contributed by atoms with E-state index in [0.29, 0.717) is 27.4 Å². The molecular formula is C20H19N3OS. The van der Waals surface area contributed by atoms with Crippen LogP contribution in [0.4, 0.5) is 0 Å². The maximum Gasteiger partial charge on any atom is 0.262 e. The lowest BCUT2D eigenvalue weighted by atomic mass is 10.1. The van der Waals surface area contributed by atoms with Crippen molar-refractivity contribution in [3.05, 3.63) is 70.0 Å². The summed E-state index contributed by atoms with van der Waals surface area (Å²) in [6, 6.07) is 17.3. The SMILES string of the molecule is CC[C@@H](C)n1c(SCc2ccccc2C#N)nc2ccccc2c1=O. The Balaban J connectivity index is 2.05. The van der Waals surface area contributed by atoms with Crippen molar-refractivity contribution in [2.75, 3.05) is 0 Å². The van der Waals surface area contributed by atoms with E-state index in [0.717, 1.165) is 12.0 Å². The summed E-state index contributed by atoms with van der Waals surface area (Å²) in [6.45, 7) is 4.09. The van der Waals surface area contributed by atoms with Gasteiger partial charge in [0.05, 0.1) is 22.5 Å². The van der Waals surface area contributed by atoms with E-state index in [1.807, 2.05) is 55.5 Å². The van der Waals surface area contributed by atoms with Crippen molar-refractivity contribution in [3.63, 3.8) is 0 Å². The van der Waals surface area contributed by atoms with Crippen LogP contribution in [0.15, 0.2) is 58.5 Å². The van der Waals surface area contributed by atoms with Crippen molar-refractivity contribution >= 4 is 22.7 Å². The number of para-hydroxylation sites is 1. The molecule has 1 heterocycles. The van der Waals surface area contributed by atoms with Crippen molar-refractivity contribution in [2.24, 2.45) is 0 Å². The highest BCUT2D eigenvalue weighted by molar-refractivity contribution is 7.98. The maximum absolute atomic E-state index is 12.9. The molecule has 0 aliphatic heterocycles. The van der Waals surface area contributed by atoms with Gasteiger partial charge < -0.3 is 0 Å². The minimum atomic E-state index is -0.00369. The number of nitrogens with zero attached hydrogens (tertiary/aromatic N) is 3. The Hall–Kier alpha value is -2.58. The van der Waals surface area contributed by atoms with Crippen LogP contribution in [0.5, 0.6) is 0 Å². The summed E-state index contributed by atoms with van der Waals surface area (Å²) in [5.74, 6) is 0.602. The molecule has 0 fully saturated rings. The highest BCUT2D eigenvalue weighted by Gasteiger charge is 2.16. The lowest BCUT2D eigenvalue weighted by Gasteiger charge is -2.18. The summed E-state index contributed by atoms with van der Waals surface area (Å²) in [6.07, 6.45) is 0.849. The Morgan fingerprint density at radius 1 is 1.20 bits per heavy atom. The Bertz CT molecular complexity index is 1000. The molecule has 0 N–H and O–H groups in total. The van der Waals surface area contributed by atoms with Crippen LogP contribution in [-0.2, 0) is 5.75 Å². The lowest BCUT2D eigenvalue weighted by Crippen LogP contribution is -2.26. The number of nitriles is 1. The van der Waals surface area contributed by atoms with E-state index >= 15 is 0 Å². The zero-order valence-corrected chi connectivity index (χ0v) is 15.1. The predicted molar refractivity (Wildman–Crippen MR) is 102 cm³/mol. The Kier molecular flexibility index (Phi) is 5.20. The molecule has 5 heteroatoms. The normalized spacial score (nSPS) is 12.0. The number of aromatic nitrogens is 2. The standard InChI is InChI=1S/C20H19N3OS/c1-3-14(2)23-19(24)17-10-6-7-11-18(17)22-20(23)25-13-16-9-5-4-8-15(16)12-21/h4-11,14H,3,13H2,1-2H3/t14-/m1/s1. The van der Waals surface area contributed by atoms with Crippen LogP contribution in [0.25, 0.3) is 10.9 Å². The van der Waals surface area contributed by atoms with Crippen molar-refractivity contribution in [1.29, 1.82) is 5.26 Å². The molecule has 0 unspecified atom stereocenters. The van der Waals surface area contributed by atoms with Gasteiger partial charge >= 0.3 is 0 Å². The third kappa shape index (κ3) is 3.45. The molecule has 3 rings (SSSR count). The van der Waals surface area contributed by atoms with E-state index in [1.54, 1.807) is 4.57 Å². The summed E-state index contributed by atoms with van der Waals surface area (Å²) < 4.78 is 1.78. The second-order valence-electron chi connectivity index (χ2n) is 5.90. The molecule has 0 radical (unpaired) electrons. The first-order chi connectivity index (χ1) is 12.2. The molecule has 0 bridgehead atoms. The molecule has 1 atom stereocenters. The van der Waals surface area contributed by atoms with Gasteiger partial charge in [-0.2, -0.15) is 5.26 Å². The predicted octanol–water partition coefficient (Wildman–Crippen LogP) is 4.53. The lowest BCUT2D eigenvalue weighted by molar-refractivity contribution is 0.468. The van der Waals surface area contributed by atoms with Crippen LogP contribution in [0, 0.1) is 11.3 Å². The molecule has 25 heavy (non-hydrogen) atoms. The van der Waals surface area contributed by atoms with Crippen LogP contribution in [-0.4, -0.2) is 9.55 Å². The van der Waals surface area contributed by atoms with Gasteiger partial charge in [0.1, 0.15) is 0 Å². The summed E-state index contributed by atoms with van der Waals surface area (Å²) in [7, 11) is 0. The Labute approximate surface area is 151 Å². The summed E-state index contributed by atoms with van der Waals surface area (Å²) in [5.41, 5.74) is 2.32. The van der Waals surface area contributed by atoms with Gasteiger partial charge in [0.15, 0.2) is 5.16 Å². The van der Waals surface area contributed by atoms with Gasteiger partial charge in [0.2, 0.25) is 0 Å². The quantitative estimate of drug-likeness (QED) is 0.501. The fourth-order valence-corrected chi connectivity index (χ4v) is 3.80. The number of rotatable bonds is 5. The van der Waals surface area contributed by atoms with E-state index in [4.69, 9.17) is 4.98 Å². The van der Waals surface area contributed by atoms with Gasteiger partial charge in [0.25, 0.3) is 5.56 Å². The molecule has 0 amide bonds. The van der Waals surface area contributed by atoms with Gasteiger partial charge in [-0.05, 0) is 37.1 Å².